The van der Waals surface area contributed by atoms with E-state index in [2.05, 4.69) is 12.2 Å². The lowest BCUT2D eigenvalue weighted by Gasteiger charge is -2.47. The van der Waals surface area contributed by atoms with E-state index in [1.807, 2.05) is 4.90 Å². The van der Waals surface area contributed by atoms with E-state index >= 15 is 0 Å². The minimum atomic E-state index is -0.520. The average molecular weight is 310 g/mol. The number of ether oxygens (including phenoxy) is 1. The highest BCUT2D eigenvalue weighted by Crippen LogP contribution is 2.39. The molecule has 2 N–H and O–H groups in total. The molecule has 4 unspecified atom stereocenters. The second-order valence-corrected chi connectivity index (χ2v) is 7.26. The molecule has 0 radical (unpaired) electrons. The molecule has 1 saturated carbocycles. The Bertz CT molecular complexity index is 397. The Morgan fingerprint density at radius 2 is 2.23 bits per heavy atom. The second kappa shape index (κ2) is 6.75. The fourth-order valence-electron chi connectivity index (χ4n) is 4.38. The zero-order chi connectivity index (χ0) is 15.6. The van der Waals surface area contributed by atoms with E-state index in [4.69, 9.17) is 4.74 Å². The molecule has 5 nitrogen and oxygen atoms in total. The number of rotatable bonds is 3. The second-order valence-electron chi connectivity index (χ2n) is 7.26. The lowest BCUT2D eigenvalue weighted by atomic mass is 9.71. The number of carbonyl (C=O) groups is 1. The molecule has 22 heavy (non-hydrogen) atoms. The number of aliphatic hydroxyl groups is 1. The van der Waals surface area contributed by atoms with Gasteiger partial charge in [0.1, 0.15) is 0 Å². The van der Waals surface area contributed by atoms with Gasteiger partial charge >= 0.3 is 6.03 Å². The highest BCUT2D eigenvalue weighted by molar-refractivity contribution is 5.74. The molecule has 4 atom stereocenters. The summed E-state index contributed by atoms with van der Waals surface area (Å²) in [6, 6.07) is 0.136. The summed E-state index contributed by atoms with van der Waals surface area (Å²) in [5.74, 6) is 0.253. The van der Waals surface area contributed by atoms with Crippen molar-refractivity contribution in [1.29, 1.82) is 0 Å². The number of urea groups is 1. The van der Waals surface area contributed by atoms with E-state index in [1.54, 1.807) is 0 Å². The van der Waals surface area contributed by atoms with E-state index in [0.717, 1.165) is 51.6 Å². The van der Waals surface area contributed by atoms with Crippen LogP contribution in [0.1, 0.15) is 58.3 Å². The molecule has 0 bridgehead atoms. The SMILES string of the molecule is CCC(NC(=O)N1CCC2(O)CCCCC2C1)C1CCCO1. The van der Waals surface area contributed by atoms with Crippen molar-refractivity contribution in [3.8, 4) is 0 Å². The van der Waals surface area contributed by atoms with E-state index in [-0.39, 0.29) is 24.1 Å². The Labute approximate surface area is 133 Å². The summed E-state index contributed by atoms with van der Waals surface area (Å²) in [5, 5.41) is 13.9. The van der Waals surface area contributed by atoms with E-state index in [9.17, 15) is 9.90 Å². The summed E-state index contributed by atoms with van der Waals surface area (Å²) in [4.78, 5) is 14.5. The van der Waals surface area contributed by atoms with E-state index in [1.165, 1.54) is 6.42 Å². The molecular weight excluding hydrogens is 280 g/mol. The molecule has 126 valence electrons. The number of nitrogens with zero attached hydrogens (tertiary/aromatic N) is 1. The van der Waals surface area contributed by atoms with Crippen LogP contribution in [0.15, 0.2) is 0 Å². The summed E-state index contributed by atoms with van der Waals surface area (Å²) in [5.41, 5.74) is -0.520. The maximum Gasteiger partial charge on any atom is 0.317 e. The predicted molar refractivity (Wildman–Crippen MR) is 84.7 cm³/mol. The fourth-order valence-corrected chi connectivity index (χ4v) is 4.38. The molecule has 0 spiro atoms. The topological polar surface area (TPSA) is 61.8 Å². The average Bonchev–Trinajstić information content (AvgIpc) is 3.05. The molecular formula is C17H30N2O3. The first kappa shape index (κ1) is 16.1. The van der Waals surface area contributed by atoms with Crippen molar-refractivity contribution >= 4 is 6.03 Å². The third kappa shape index (κ3) is 3.25. The van der Waals surface area contributed by atoms with Crippen molar-refractivity contribution in [3.63, 3.8) is 0 Å². The number of piperidine rings is 1. The van der Waals surface area contributed by atoms with Crippen molar-refractivity contribution in [2.45, 2.75) is 76.0 Å². The van der Waals surface area contributed by atoms with Gasteiger partial charge in [-0.2, -0.15) is 0 Å². The fraction of sp³-hybridized carbons (Fsp3) is 0.941. The molecule has 0 aromatic rings. The molecule has 3 rings (SSSR count). The van der Waals surface area contributed by atoms with Gasteiger partial charge in [0.05, 0.1) is 17.7 Å². The molecule has 2 saturated heterocycles. The maximum absolute atomic E-state index is 12.6. The van der Waals surface area contributed by atoms with Crippen LogP contribution in [0, 0.1) is 5.92 Å². The first-order valence-electron chi connectivity index (χ1n) is 9.02. The minimum absolute atomic E-state index is 0.0231. The monoisotopic (exact) mass is 310 g/mol. The van der Waals surface area contributed by atoms with Crippen molar-refractivity contribution in [1.82, 2.24) is 10.2 Å². The lowest BCUT2D eigenvalue weighted by molar-refractivity contribution is -0.0873. The molecule has 0 aromatic heterocycles. The van der Waals surface area contributed by atoms with Crippen LogP contribution in [0.3, 0.4) is 0 Å². The summed E-state index contributed by atoms with van der Waals surface area (Å²) in [7, 11) is 0. The van der Waals surface area contributed by atoms with Crippen molar-refractivity contribution < 1.29 is 14.6 Å². The molecule has 0 aromatic carbocycles. The van der Waals surface area contributed by atoms with Crippen molar-refractivity contribution in [2.75, 3.05) is 19.7 Å². The Morgan fingerprint density at radius 1 is 1.36 bits per heavy atom. The summed E-state index contributed by atoms with van der Waals surface area (Å²) < 4.78 is 5.72. The molecule has 3 aliphatic rings. The quantitative estimate of drug-likeness (QED) is 0.840. The first-order chi connectivity index (χ1) is 10.6. The number of fused-ring (bicyclic) bond motifs is 1. The highest BCUT2D eigenvalue weighted by atomic mass is 16.5. The van der Waals surface area contributed by atoms with Crippen LogP contribution < -0.4 is 5.32 Å². The smallest absolute Gasteiger partial charge is 0.317 e. The van der Waals surface area contributed by atoms with Crippen LogP contribution >= 0.6 is 0 Å². The van der Waals surface area contributed by atoms with Crippen LogP contribution in [0.5, 0.6) is 0 Å². The number of amides is 2. The number of hydrogen-bond acceptors (Lipinski definition) is 3. The Morgan fingerprint density at radius 3 is 2.95 bits per heavy atom. The first-order valence-corrected chi connectivity index (χ1v) is 9.02. The van der Waals surface area contributed by atoms with Crippen LogP contribution in [0.25, 0.3) is 0 Å². The number of nitrogens with one attached hydrogen (secondary N) is 1. The van der Waals surface area contributed by atoms with Crippen LogP contribution in [-0.2, 0) is 4.74 Å². The summed E-state index contributed by atoms with van der Waals surface area (Å²) in [6.07, 6.45) is 8.18. The maximum atomic E-state index is 12.6. The van der Waals surface area contributed by atoms with Gasteiger partial charge in [-0.3, -0.25) is 0 Å². The molecule has 2 heterocycles. The van der Waals surface area contributed by atoms with Gasteiger partial charge in [0.2, 0.25) is 0 Å². The third-order valence-corrected chi connectivity index (χ3v) is 5.88. The van der Waals surface area contributed by atoms with E-state index in [0.29, 0.717) is 13.1 Å². The standard InChI is InChI=1S/C17H30N2O3/c1-2-14(15-7-5-11-22-15)18-16(20)19-10-9-17(21)8-4-3-6-13(17)12-19/h13-15,21H,2-12H2,1H3,(H,18,20). The third-order valence-electron chi connectivity index (χ3n) is 5.88. The Hall–Kier alpha value is -0.810. The van der Waals surface area contributed by atoms with Gasteiger partial charge in [-0.25, -0.2) is 4.79 Å². The molecule has 5 heteroatoms. The molecule has 3 fully saturated rings. The highest BCUT2D eigenvalue weighted by Gasteiger charge is 2.44. The van der Waals surface area contributed by atoms with Gasteiger partial charge < -0.3 is 20.1 Å². The normalized spacial score (nSPS) is 36.7. The number of carbonyl (C=O) groups excluding carboxylic acids is 1. The summed E-state index contributed by atoms with van der Waals surface area (Å²) >= 11 is 0. The van der Waals surface area contributed by atoms with Gasteiger partial charge in [0.15, 0.2) is 0 Å². The lowest BCUT2D eigenvalue weighted by Crippen LogP contribution is -2.58. The zero-order valence-corrected chi connectivity index (χ0v) is 13.7. The molecule has 1 aliphatic carbocycles. The van der Waals surface area contributed by atoms with E-state index < -0.39 is 5.60 Å². The minimum Gasteiger partial charge on any atom is -0.389 e. The Kier molecular flexibility index (Phi) is 4.93. The van der Waals surface area contributed by atoms with Gasteiger partial charge in [-0.15, -0.1) is 0 Å². The van der Waals surface area contributed by atoms with Crippen molar-refractivity contribution in [2.24, 2.45) is 5.92 Å². The molecule has 2 aliphatic heterocycles. The number of hydrogen-bond donors (Lipinski definition) is 2. The van der Waals surface area contributed by atoms with Crippen LogP contribution in [0.4, 0.5) is 4.79 Å². The van der Waals surface area contributed by atoms with Gasteiger partial charge in [0.25, 0.3) is 0 Å². The van der Waals surface area contributed by atoms with Crippen LogP contribution in [-0.4, -0.2) is 53.5 Å². The van der Waals surface area contributed by atoms with Crippen molar-refractivity contribution in [3.05, 3.63) is 0 Å². The Balaban J connectivity index is 1.56. The van der Waals surface area contributed by atoms with Gasteiger partial charge in [-0.05, 0) is 38.5 Å². The van der Waals surface area contributed by atoms with Crippen LogP contribution in [0.2, 0.25) is 0 Å². The predicted octanol–water partition coefficient (Wildman–Crippen LogP) is 2.28. The molecule has 2 amide bonds. The zero-order valence-electron chi connectivity index (χ0n) is 13.7. The van der Waals surface area contributed by atoms with Gasteiger partial charge in [-0.1, -0.05) is 19.8 Å². The van der Waals surface area contributed by atoms with Gasteiger partial charge in [0, 0.05) is 25.6 Å². The summed E-state index contributed by atoms with van der Waals surface area (Å²) in [6.45, 7) is 4.28. The number of likely N-dealkylation sites (tertiary alicyclic amines) is 1. The largest absolute Gasteiger partial charge is 0.389 e.